The molecule has 1 aromatic rings. The number of aryl methyl sites for hydroxylation is 1. The van der Waals surface area contributed by atoms with E-state index in [1.165, 1.54) is 62.5 Å². The molecule has 1 radical (unpaired) electrons. The quantitative estimate of drug-likeness (QED) is 0.664. The van der Waals surface area contributed by atoms with Gasteiger partial charge in [0.25, 0.3) is 0 Å². The zero-order chi connectivity index (χ0) is 13.7. The molecule has 0 aliphatic heterocycles. The van der Waals surface area contributed by atoms with Crippen LogP contribution in [0.1, 0.15) is 69.4 Å². The summed E-state index contributed by atoms with van der Waals surface area (Å²) in [5.74, 6) is 0.380. The first-order chi connectivity index (χ1) is 9.22. The van der Waals surface area contributed by atoms with Gasteiger partial charge in [-0.05, 0) is 67.9 Å². The standard InChI is InChI=1S/C18H26O.Y/c1-3-4-5-6-10-18(15-8-7-9-15)17-12-11-16(19)13-14(17)2;/h11-13,19H,3-10H2,1-2H3;. The monoisotopic (exact) mass is 347 g/mol. The zero-order valence-corrected chi connectivity index (χ0v) is 15.8. The number of allylic oxidation sites excluding steroid dienone is 2. The third kappa shape index (κ3) is 4.70. The maximum Gasteiger partial charge on any atom is 0.115 e. The minimum absolute atomic E-state index is 0. The van der Waals surface area contributed by atoms with E-state index in [0.29, 0.717) is 5.75 Å². The van der Waals surface area contributed by atoms with Gasteiger partial charge in [-0.3, -0.25) is 0 Å². The van der Waals surface area contributed by atoms with Gasteiger partial charge in [0.15, 0.2) is 0 Å². The van der Waals surface area contributed by atoms with Gasteiger partial charge in [0.2, 0.25) is 0 Å². The summed E-state index contributed by atoms with van der Waals surface area (Å²) in [5.41, 5.74) is 5.80. The SMILES string of the molecule is CCCCCCC(=C1CCC1)c1ccc(O)cc1C.[Y]. The fourth-order valence-corrected chi connectivity index (χ4v) is 2.87. The van der Waals surface area contributed by atoms with Gasteiger partial charge in [0.05, 0.1) is 0 Å². The van der Waals surface area contributed by atoms with Crippen LogP contribution in [-0.2, 0) is 32.7 Å². The van der Waals surface area contributed by atoms with Gasteiger partial charge in [-0.15, -0.1) is 0 Å². The van der Waals surface area contributed by atoms with Crippen LogP contribution in [0.2, 0.25) is 0 Å². The Morgan fingerprint density at radius 3 is 2.45 bits per heavy atom. The number of hydrogen-bond acceptors (Lipinski definition) is 1. The molecule has 0 amide bonds. The van der Waals surface area contributed by atoms with E-state index >= 15 is 0 Å². The van der Waals surface area contributed by atoms with Crippen LogP contribution < -0.4 is 0 Å². The van der Waals surface area contributed by atoms with Crippen molar-refractivity contribution in [3.8, 4) is 5.75 Å². The molecule has 1 aliphatic rings. The van der Waals surface area contributed by atoms with Crippen molar-refractivity contribution in [1.82, 2.24) is 0 Å². The largest absolute Gasteiger partial charge is 0.508 e. The van der Waals surface area contributed by atoms with Crippen LogP contribution in [-0.4, -0.2) is 5.11 Å². The van der Waals surface area contributed by atoms with Crippen molar-refractivity contribution >= 4 is 5.57 Å². The average Bonchev–Trinajstić information content (AvgIpc) is 2.31. The topological polar surface area (TPSA) is 20.2 Å². The van der Waals surface area contributed by atoms with Gasteiger partial charge < -0.3 is 5.11 Å². The Morgan fingerprint density at radius 2 is 1.90 bits per heavy atom. The van der Waals surface area contributed by atoms with E-state index in [1.807, 2.05) is 12.1 Å². The van der Waals surface area contributed by atoms with E-state index in [4.69, 9.17) is 0 Å². The summed E-state index contributed by atoms with van der Waals surface area (Å²) >= 11 is 0. The fraction of sp³-hybridized carbons (Fsp3) is 0.556. The smallest absolute Gasteiger partial charge is 0.115 e. The number of phenols is 1. The van der Waals surface area contributed by atoms with Gasteiger partial charge in [-0.1, -0.05) is 37.8 Å². The molecular weight excluding hydrogens is 321 g/mol. The van der Waals surface area contributed by atoms with Crippen molar-refractivity contribution in [2.75, 3.05) is 0 Å². The van der Waals surface area contributed by atoms with Crippen molar-refractivity contribution in [3.05, 3.63) is 34.9 Å². The number of aromatic hydroxyl groups is 1. The minimum Gasteiger partial charge on any atom is -0.508 e. The van der Waals surface area contributed by atoms with Crippen molar-refractivity contribution < 1.29 is 37.8 Å². The molecule has 0 bridgehead atoms. The van der Waals surface area contributed by atoms with Gasteiger partial charge in [-0.25, -0.2) is 0 Å². The predicted octanol–water partition coefficient (Wildman–Crippen LogP) is 5.61. The normalized spacial score (nSPS) is 13.6. The van der Waals surface area contributed by atoms with Crippen LogP contribution in [0.15, 0.2) is 23.8 Å². The van der Waals surface area contributed by atoms with Crippen molar-refractivity contribution in [2.45, 2.75) is 65.2 Å². The van der Waals surface area contributed by atoms with E-state index in [-0.39, 0.29) is 32.7 Å². The van der Waals surface area contributed by atoms with Crippen molar-refractivity contribution in [3.63, 3.8) is 0 Å². The Morgan fingerprint density at radius 1 is 1.15 bits per heavy atom. The van der Waals surface area contributed by atoms with E-state index in [1.54, 1.807) is 11.1 Å². The molecule has 1 aliphatic carbocycles. The molecule has 1 aromatic carbocycles. The van der Waals surface area contributed by atoms with Crippen LogP contribution >= 0.6 is 0 Å². The maximum atomic E-state index is 9.56. The summed E-state index contributed by atoms with van der Waals surface area (Å²) < 4.78 is 0. The summed E-state index contributed by atoms with van der Waals surface area (Å²) in [6.07, 6.45) is 10.4. The number of hydrogen-bond donors (Lipinski definition) is 1. The van der Waals surface area contributed by atoms with Crippen LogP contribution in [0.4, 0.5) is 0 Å². The zero-order valence-electron chi connectivity index (χ0n) is 12.9. The molecule has 1 nitrogen and oxygen atoms in total. The molecule has 2 heteroatoms. The minimum atomic E-state index is 0. The van der Waals surface area contributed by atoms with E-state index in [0.717, 1.165) is 0 Å². The Labute approximate surface area is 148 Å². The molecule has 0 saturated heterocycles. The third-order valence-corrected chi connectivity index (χ3v) is 4.20. The molecule has 0 aromatic heterocycles. The van der Waals surface area contributed by atoms with Crippen molar-refractivity contribution in [1.29, 1.82) is 0 Å². The molecule has 1 saturated carbocycles. The molecule has 0 spiro atoms. The van der Waals surface area contributed by atoms with E-state index < -0.39 is 0 Å². The summed E-state index contributed by atoms with van der Waals surface area (Å²) in [4.78, 5) is 0. The van der Waals surface area contributed by atoms with Gasteiger partial charge in [0.1, 0.15) is 5.75 Å². The van der Waals surface area contributed by atoms with Crippen LogP contribution in [0.3, 0.4) is 0 Å². The number of benzene rings is 1. The first kappa shape index (κ1) is 17.9. The summed E-state index contributed by atoms with van der Waals surface area (Å²) in [5, 5.41) is 9.56. The van der Waals surface area contributed by atoms with Gasteiger partial charge >= 0.3 is 0 Å². The van der Waals surface area contributed by atoms with Crippen molar-refractivity contribution in [2.24, 2.45) is 0 Å². The second kappa shape index (κ2) is 9.00. The van der Waals surface area contributed by atoms with Gasteiger partial charge in [0, 0.05) is 32.7 Å². The Kier molecular flexibility index (Phi) is 8.06. The summed E-state index contributed by atoms with van der Waals surface area (Å²) in [6.45, 7) is 4.37. The van der Waals surface area contributed by atoms with Crippen LogP contribution in [0.5, 0.6) is 5.75 Å². The molecule has 20 heavy (non-hydrogen) atoms. The predicted molar refractivity (Wildman–Crippen MR) is 82.4 cm³/mol. The first-order valence-corrected chi connectivity index (χ1v) is 7.73. The van der Waals surface area contributed by atoms with Crippen LogP contribution in [0.25, 0.3) is 5.57 Å². The number of unbranched alkanes of at least 4 members (excludes halogenated alkanes) is 3. The molecule has 0 atom stereocenters. The molecular formula is C18H26OY. The summed E-state index contributed by atoms with van der Waals surface area (Å²) in [6, 6.07) is 5.82. The molecule has 1 fully saturated rings. The second-order valence-electron chi connectivity index (χ2n) is 5.75. The average molecular weight is 347 g/mol. The fourth-order valence-electron chi connectivity index (χ4n) is 2.87. The number of rotatable bonds is 6. The second-order valence-corrected chi connectivity index (χ2v) is 5.75. The molecule has 0 heterocycles. The third-order valence-electron chi connectivity index (χ3n) is 4.20. The molecule has 107 valence electrons. The molecule has 1 N–H and O–H groups in total. The number of phenolic OH excluding ortho intramolecular Hbond substituents is 1. The molecule has 0 unspecified atom stereocenters. The van der Waals surface area contributed by atoms with Crippen LogP contribution in [0, 0.1) is 6.92 Å². The van der Waals surface area contributed by atoms with E-state index in [2.05, 4.69) is 19.9 Å². The first-order valence-electron chi connectivity index (χ1n) is 7.73. The van der Waals surface area contributed by atoms with Gasteiger partial charge in [-0.2, -0.15) is 0 Å². The maximum absolute atomic E-state index is 9.56. The Bertz CT molecular complexity index is 456. The summed E-state index contributed by atoms with van der Waals surface area (Å²) in [7, 11) is 0. The van der Waals surface area contributed by atoms with E-state index in [9.17, 15) is 5.11 Å². The Hall–Kier alpha value is -0.136. The Balaban J connectivity index is 0.00000200. The molecule has 2 rings (SSSR count).